The zero-order chi connectivity index (χ0) is 7.82. The van der Waals surface area contributed by atoms with Crippen LogP contribution < -0.4 is 0 Å². The minimum atomic E-state index is 0.723. The highest BCUT2D eigenvalue weighted by atomic mass is 32.2. The maximum atomic E-state index is 8.23. The van der Waals surface area contributed by atoms with Gasteiger partial charge in [-0.25, -0.2) is 0 Å². The molecule has 0 saturated heterocycles. The minimum Gasteiger partial charge on any atom is -0.198 e. The molecule has 0 saturated carbocycles. The fraction of sp³-hybridized carbons (Fsp3) is 0.875. The molecular formula is C8H15NS. The molecule has 1 nitrogen and oxygen atoms in total. The molecule has 0 rings (SSSR count). The Hall–Kier alpha value is -0.160. The van der Waals surface area contributed by atoms with Gasteiger partial charge in [-0.05, 0) is 19.1 Å². The maximum Gasteiger partial charge on any atom is 0.0621 e. The van der Waals surface area contributed by atoms with Crippen molar-refractivity contribution < 1.29 is 0 Å². The first-order valence-corrected chi connectivity index (χ1v) is 4.99. The summed E-state index contributed by atoms with van der Waals surface area (Å²) in [5.41, 5.74) is 0. The van der Waals surface area contributed by atoms with Gasteiger partial charge >= 0.3 is 0 Å². The first-order valence-electron chi connectivity index (χ1n) is 3.71. The second-order valence-corrected chi connectivity index (χ2v) is 3.73. The Morgan fingerprint density at radius 3 is 2.70 bits per heavy atom. The maximum absolute atomic E-state index is 8.23. The third kappa shape index (κ3) is 5.97. The Kier molecular flexibility index (Phi) is 6.84. The third-order valence-electron chi connectivity index (χ3n) is 1.55. The van der Waals surface area contributed by atoms with Gasteiger partial charge < -0.3 is 0 Å². The summed E-state index contributed by atoms with van der Waals surface area (Å²) in [5, 5.41) is 9.00. The van der Waals surface area contributed by atoms with Crippen molar-refractivity contribution in [1.82, 2.24) is 0 Å². The third-order valence-corrected chi connectivity index (χ3v) is 2.59. The fourth-order valence-corrected chi connectivity index (χ4v) is 1.16. The highest BCUT2D eigenvalue weighted by molar-refractivity contribution is 7.99. The fourth-order valence-electron chi connectivity index (χ4n) is 0.754. The van der Waals surface area contributed by atoms with Gasteiger partial charge in [-0.1, -0.05) is 13.3 Å². The van der Waals surface area contributed by atoms with Gasteiger partial charge in [0.15, 0.2) is 0 Å². The monoisotopic (exact) mass is 157 g/mol. The topological polar surface area (TPSA) is 23.8 Å². The van der Waals surface area contributed by atoms with Crippen molar-refractivity contribution in [2.24, 2.45) is 0 Å². The van der Waals surface area contributed by atoms with E-state index in [2.05, 4.69) is 19.2 Å². The van der Waals surface area contributed by atoms with E-state index in [1.165, 1.54) is 12.8 Å². The normalized spacial score (nSPS) is 12.5. The van der Waals surface area contributed by atoms with E-state index in [0.717, 1.165) is 18.1 Å². The van der Waals surface area contributed by atoms with Crippen molar-refractivity contribution in [2.45, 2.75) is 37.9 Å². The number of nitriles is 1. The number of hydrogen-bond donors (Lipinski definition) is 0. The van der Waals surface area contributed by atoms with Crippen LogP contribution in [0.3, 0.4) is 0 Å². The van der Waals surface area contributed by atoms with E-state index in [0.29, 0.717) is 0 Å². The average molecular weight is 157 g/mol. The molecule has 1 atom stereocenters. The lowest BCUT2D eigenvalue weighted by molar-refractivity contribution is 0.688. The highest BCUT2D eigenvalue weighted by Gasteiger charge is 1.97. The van der Waals surface area contributed by atoms with Gasteiger partial charge in [0.05, 0.1) is 6.07 Å². The van der Waals surface area contributed by atoms with Crippen LogP contribution in [0.25, 0.3) is 0 Å². The lowest BCUT2D eigenvalue weighted by Crippen LogP contribution is -1.93. The molecule has 0 amide bonds. The average Bonchev–Trinajstić information content (AvgIpc) is 1.98. The van der Waals surface area contributed by atoms with Crippen LogP contribution in [0.5, 0.6) is 0 Å². The summed E-state index contributed by atoms with van der Waals surface area (Å²) in [6.45, 7) is 2.23. The lowest BCUT2D eigenvalue weighted by Gasteiger charge is -2.04. The summed E-state index contributed by atoms with van der Waals surface area (Å²) >= 11 is 1.90. The van der Waals surface area contributed by atoms with Crippen LogP contribution in [-0.2, 0) is 0 Å². The first-order chi connectivity index (χ1) is 4.81. The van der Waals surface area contributed by atoms with Crippen molar-refractivity contribution in [2.75, 3.05) is 6.26 Å². The van der Waals surface area contributed by atoms with Crippen molar-refractivity contribution in [1.29, 1.82) is 5.26 Å². The van der Waals surface area contributed by atoms with Gasteiger partial charge in [-0.15, -0.1) is 0 Å². The molecule has 0 aromatic carbocycles. The van der Waals surface area contributed by atoms with Gasteiger partial charge in [-0.3, -0.25) is 0 Å². The molecule has 10 heavy (non-hydrogen) atoms. The molecule has 0 aliphatic rings. The molecule has 0 heterocycles. The molecule has 0 spiro atoms. The standard InChI is InChI=1S/C8H15NS/c1-8(10-2)6-4-3-5-7-9/h8H,3-6H2,1-2H3. The van der Waals surface area contributed by atoms with Gasteiger partial charge in [0.1, 0.15) is 0 Å². The number of rotatable bonds is 5. The van der Waals surface area contributed by atoms with Gasteiger partial charge in [0, 0.05) is 11.7 Å². The molecule has 0 radical (unpaired) electrons. The summed E-state index contributed by atoms with van der Waals surface area (Å²) in [6, 6.07) is 2.15. The molecule has 0 bridgehead atoms. The first kappa shape index (κ1) is 9.84. The van der Waals surface area contributed by atoms with Crippen LogP contribution in [0.4, 0.5) is 0 Å². The minimum absolute atomic E-state index is 0.723. The molecule has 0 aromatic rings. The Morgan fingerprint density at radius 1 is 1.50 bits per heavy atom. The summed E-state index contributed by atoms with van der Waals surface area (Å²) < 4.78 is 0. The summed E-state index contributed by atoms with van der Waals surface area (Å²) in [4.78, 5) is 0. The van der Waals surface area contributed by atoms with E-state index in [9.17, 15) is 0 Å². The van der Waals surface area contributed by atoms with Crippen molar-refractivity contribution in [3.05, 3.63) is 0 Å². The zero-order valence-electron chi connectivity index (χ0n) is 6.76. The van der Waals surface area contributed by atoms with Gasteiger partial charge in [0.25, 0.3) is 0 Å². The SMILES string of the molecule is CSC(C)CCCCC#N. The van der Waals surface area contributed by atoms with Crippen LogP contribution in [-0.4, -0.2) is 11.5 Å². The van der Waals surface area contributed by atoms with Crippen LogP contribution in [0.2, 0.25) is 0 Å². The largest absolute Gasteiger partial charge is 0.198 e. The van der Waals surface area contributed by atoms with E-state index in [1.807, 2.05) is 11.8 Å². The number of hydrogen-bond acceptors (Lipinski definition) is 2. The van der Waals surface area contributed by atoms with E-state index in [1.54, 1.807) is 0 Å². The van der Waals surface area contributed by atoms with Gasteiger partial charge in [0.2, 0.25) is 0 Å². The molecule has 1 unspecified atom stereocenters. The Balaban J connectivity index is 2.98. The Bertz CT molecular complexity index is 106. The summed E-state index contributed by atoms with van der Waals surface area (Å²) in [5.74, 6) is 0. The van der Waals surface area contributed by atoms with Crippen LogP contribution >= 0.6 is 11.8 Å². The van der Waals surface area contributed by atoms with E-state index in [-0.39, 0.29) is 0 Å². The Labute approximate surface area is 67.8 Å². The molecule has 0 fully saturated rings. The quantitative estimate of drug-likeness (QED) is 0.573. The van der Waals surface area contributed by atoms with Crippen LogP contribution in [0.1, 0.15) is 32.6 Å². The number of thioether (sulfide) groups is 1. The summed E-state index contributed by atoms with van der Waals surface area (Å²) in [7, 11) is 0. The predicted molar refractivity (Wildman–Crippen MR) is 47.1 cm³/mol. The molecule has 2 heteroatoms. The van der Waals surface area contributed by atoms with Crippen LogP contribution in [0.15, 0.2) is 0 Å². The smallest absolute Gasteiger partial charge is 0.0621 e. The number of unbranched alkanes of at least 4 members (excludes halogenated alkanes) is 2. The Morgan fingerprint density at radius 2 is 2.20 bits per heavy atom. The molecule has 0 N–H and O–H groups in total. The van der Waals surface area contributed by atoms with Crippen molar-refractivity contribution in [3.8, 4) is 6.07 Å². The highest BCUT2D eigenvalue weighted by Crippen LogP contribution is 2.13. The summed E-state index contributed by atoms with van der Waals surface area (Å²) in [6.07, 6.45) is 6.38. The second-order valence-electron chi connectivity index (χ2n) is 2.45. The van der Waals surface area contributed by atoms with Crippen LogP contribution in [0, 0.1) is 11.3 Å². The molecule has 0 aliphatic carbocycles. The molecule has 0 aliphatic heterocycles. The number of nitrogens with zero attached hydrogens (tertiary/aromatic N) is 1. The van der Waals surface area contributed by atoms with Gasteiger partial charge in [-0.2, -0.15) is 17.0 Å². The zero-order valence-corrected chi connectivity index (χ0v) is 7.58. The van der Waals surface area contributed by atoms with Crippen molar-refractivity contribution in [3.63, 3.8) is 0 Å². The second kappa shape index (κ2) is 6.95. The van der Waals surface area contributed by atoms with E-state index in [4.69, 9.17) is 5.26 Å². The van der Waals surface area contributed by atoms with E-state index < -0.39 is 0 Å². The van der Waals surface area contributed by atoms with E-state index >= 15 is 0 Å². The molecule has 58 valence electrons. The predicted octanol–water partition coefficient (Wildman–Crippen LogP) is 2.82. The molecular weight excluding hydrogens is 142 g/mol. The molecule has 0 aromatic heterocycles. The lowest BCUT2D eigenvalue weighted by atomic mass is 10.2. The van der Waals surface area contributed by atoms with Crippen molar-refractivity contribution >= 4 is 11.8 Å².